The Hall–Kier alpha value is -2.13. The number of rotatable bonds is 25. The lowest BCUT2D eigenvalue weighted by Crippen LogP contribution is -2.29. The molecule has 0 saturated heterocycles. The summed E-state index contributed by atoms with van der Waals surface area (Å²) in [6.07, 6.45) is -0.0102. The first kappa shape index (κ1) is 38.9. The molecule has 4 unspecified atom stereocenters. The van der Waals surface area contributed by atoms with E-state index < -0.39 is 12.1 Å². The van der Waals surface area contributed by atoms with Crippen LogP contribution in [0.1, 0.15) is 20.8 Å². The van der Waals surface area contributed by atoms with Gasteiger partial charge < -0.3 is 53.2 Å². The first-order valence-electron chi connectivity index (χ1n) is 13.8. The van der Waals surface area contributed by atoms with Gasteiger partial charge in [0.25, 0.3) is 0 Å². The van der Waals surface area contributed by atoms with Crippen molar-refractivity contribution in [1.29, 1.82) is 0 Å². The molecule has 0 heterocycles. The van der Waals surface area contributed by atoms with Crippen molar-refractivity contribution in [2.24, 2.45) is 0 Å². The highest BCUT2D eigenvalue weighted by Crippen LogP contribution is 2.09. The van der Waals surface area contributed by atoms with Gasteiger partial charge in [-0.15, -0.1) is 0 Å². The molecule has 0 radical (unpaired) electrons. The highest BCUT2D eigenvalue weighted by atomic mass is 16.6. The first-order valence-corrected chi connectivity index (χ1v) is 13.8. The van der Waals surface area contributed by atoms with Crippen LogP contribution in [-0.2, 0) is 38.0 Å². The maximum absolute atomic E-state index is 10.6. The highest BCUT2D eigenvalue weighted by molar-refractivity contribution is 5.81. The van der Waals surface area contributed by atoms with Gasteiger partial charge in [0.2, 0.25) is 0 Å². The van der Waals surface area contributed by atoms with E-state index in [1.807, 2.05) is 44.2 Å². The summed E-state index contributed by atoms with van der Waals surface area (Å²) < 4.78 is 42.0. The third-order valence-corrected chi connectivity index (χ3v) is 4.87. The van der Waals surface area contributed by atoms with Crippen molar-refractivity contribution in [1.82, 2.24) is 0 Å². The Morgan fingerprint density at radius 2 is 1.27 bits per heavy atom. The Balaban J connectivity index is 0.000000831. The Morgan fingerprint density at radius 1 is 0.756 bits per heavy atom. The minimum atomic E-state index is -0.696. The van der Waals surface area contributed by atoms with E-state index in [9.17, 15) is 9.90 Å². The van der Waals surface area contributed by atoms with Crippen molar-refractivity contribution in [3.8, 4) is 5.75 Å². The molecule has 0 aliphatic heterocycles. The summed E-state index contributed by atoms with van der Waals surface area (Å²) >= 11 is 0. The predicted octanol–water partition coefficient (Wildman–Crippen LogP) is 1.39. The summed E-state index contributed by atoms with van der Waals surface area (Å²) in [7, 11) is 0. The van der Waals surface area contributed by atoms with Gasteiger partial charge >= 0.3 is 5.97 Å². The maximum atomic E-state index is 10.6. The smallest absolute Gasteiger partial charge is 0.330 e. The third-order valence-electron chi connectivity index (χ3n) is 4.87. The molecule has 41 heavy (non-hydrogen) atoms. The zero-order valence-corrected chi connectivity index (χ0v) is 24.7. The summed E-state index contributed by atoms with van der Waals surface area (Å²) in [5.41, 5.74) is 0. The fourth-order valence-corrected chi connectivity index (χ4v) is 2.65. The number of ether oxygens (including phenoxy) is 8. The summed E-state index contributed by atoms with van der Waals surface area (Å²) in [4.78, 5) is 10.6. The van der Waals surface area contributed by atoms with Crippen molar-refractivity contribution >= 4 is 5.97 Å². The largest absolute Gasteiger partial charge is 0.491 e. The minimum Gasteiger partial charge on any atom is -0.491 e. The van der Waals surface area contributed by atoms with Crippen molar-refractivity contribution in [2.45, 2.75) is 45.2 Å². The Kier molecular flexibility index (Phi) is 26.6. The van der Waals surface area contributed by atoms with Gasteiger partial charge in [-0.25, -0.2) is 4.79 Å². The van der Waals surface area contributed by atoms with Crippen molar-refractivity contribution in [3.05, 3.63) is 43.0 Å². The van der Waals surface area contributed by atoms with E-state index in [0.717, 1.165) is 11.8 Å². The lowest BCUT2D eigenvalue weighted by molar-refractivity contribution is -0.139. The number of carbonyl (C=O) groups excluding carboxylic acids is 1. The number of aliphatic hydroxyl groups excluding tert-OH is 3. The third kappa shape index (κ3) is 26.5. The number of benzene rings is 1. The molecule has 0 spiro atoms. The fourth-order valence-electron chi connectivity index (χ4n) is 2.65. The predicted molar refractivity (Wildman–Crippen MR) is 152 cm³/mol. The number of aliphatic hydroxyl groups is 3. The standard InChI is InChI=1S/C18H30O6.C11H20O6/c1-14(9-19)21-10-15(2)22-11-16(3)23-12-17(20)13-24-18-7-5-4-6-8-18;1-2-11(13)17-10-9-16-8-7-15-6-5-14-4-3-12/h4-8,14-17,19-20H,9-13H2,1-3H3;2,12H,1,3-10H2. The van der Waals surface area contributed by atoms with Crippen LogP contribution in [-0.4, -0.2) is 132 Å². The molecule has 0 fully saturated rings. The lowest BCUT2D eigenvalue weighted by Gasteiger charge is -2.20. The van der Waals surface area contributed by atoms with Crippen LogP contribution in [0.2, 0.25) is 0 Å². The van der Waals surface area contributed by atoms with Gasteiger partial charge in [0.15, 0.2) is 0 Å². The highest BCUT2D eigenvalue weighted by Gasteiger charge is 2.12. The minimum absolute atomic E-state index is 0.00479. The molecule has 0 aromatic heterocycles. The van der Waals surface area contributed by atoms with E-state index in [1.54, 1.807) is 6.92 Å². The van der Waals surface area contributed by atoms with E-state index in [1.165, 1.54) is 0 Å². The molecule has 1 aromatic carbocycles. The van der Waals surface area contributed by atoms with Gasteiger partial charge in [0.1, 0.15) is 25.1 Å². The van der Waals surface area contributed by atoms with Crippen LogP contribution < -0.4 is 4.74 Å². The van der Waals surface area contributed by atoms with Crippen molar-refractivity contribution in [3.63, 3.8) is 0 Å². The van der Waals surface area contributed by atoms with E-state index in [4.69, 9.17) is 48.1 Å². The van der Waals surface area contributed by atoms with Crippen LogP contribution >= 0.6 is 0 Å². The van der Waals surface area contributed by atoms with Crippen LogP contribution in [0.25, 0.3) is 0 Å². The molecular weight excluding hydrogens is 540 g/mol. The molecule has 238 valence electrons. The molecule has 0 aliphatic rings. The van der Waals surface area contributed by atoms with Crippen molar-refractivity contribution < 1.29 is 58.0 Å². The van der Waals surface area contributed by atoms with E-state index in [2.05, 4.69) is 6.58 Å². The second-order valence-electron chi connectivity index (χ2n) is 8.82. The van der Waals surface area contributed by atoms with Gasteiger partial charge in [-0.2, -0.15) is 0 Å². The normalized spacial score (nSPS) is 13.8. The number of carbonyl (C=O) groups is 1. The number of esters is 1. The summed E-state index contributed by atoms with van der Waals surface area (Å²) in [6.45, 7) is 12.8. The van der Waals surface area contributed by atoms with Crippen LogP contribution in [0.5, 0.6) is 5.75 Å². The van der Waals surface area contributed by atoms with Gasteiger partial charge in [-0.3, -0.25) is 0 Å². The molecule has 12 nitrogen and oxygen atoms in total. The van der Waals surface area contributed by atoms with Crippen molar-refractivity contribution in [2.75, 3.05) is 85.9 Å². The number of para-hydroxylation sites is 1. The number of hydrogen-bond acceptors (Lipinski definition) is 12. The lowest BCUT2D eigenvalue weighted by atomic mass is 10.3. The van der Waals surface area contributed by atoms with Crippen LogP contribution in [0.4, 0.5) is 0 Å². The van der Waals surface area contributed by atoms with Gasteiger partial charge in [0, 0.05) is 6.08 Å². The molecule has 0 bridgehead atoms. The molecule has 1 rings (SSSR count). The molecular formula is C29H50O12. The van der Waals surface area contributed by atoms with Crippen LogP contribution in [0.3, 0.4) is 0 Å². The zero-order valence-electron chi connectivity index (χ0n) is 24.7. The maximum Gasteiger partial charge on any atom is 0.330 e. The molecule has 4 atom stereocenters. The summed E-state index contributed by atoms with van der Waals surface area (Å²) in [5, 5.41) is 27.2. The second-order valence-corrected chi connectivity index (χ2v) is 8.82. The Morgan fingerprint density at radius 3 is 1.80 bits per heavy atom. The molecule has 1 aromatic rings. The molecule has 0 saturated carbocycles. The second kappa shape index (κ2) is 28.0. The van der Waals surface area contributed by atoms with Crippen LogP contribution in [0.15, 0.2) is 43.0 Å². The first-order chi connectivity index (χ1) is 19.8. The number of hydrogen-bond donors (Lipinski definition) is 3. The summed E-state index contributed by atoms with van der Waals surface area (Å²) in [5.74, 6) is 0.268. The van der Waals surface area contributed by atoms with Gasteiger partial charge in [-0.1, -0.05) is 24.8 Å². The average molecular weight is 591 g/mol. The molecule has 0 aliphatic carbocycles. The Labute approximate surface area is 244 Å². The molecule has 12 heteroatoms. The van der Waals surface area contributed by atoms with Gasteiger partial charge in [0.05, 0.1) is 91.0 Å². The van der Waals surface area contributed by atoms with E-state index in [0.29, 0.717) is 52.9 Å². The van der Waals surface area contributed by atoms with E-state index >= 15 is 0 Å². The van der Waals surface area contributed by atoms with E-state index in [-0.39, 0.29) is 51.3 Å². The SMILES string of the molecule is C=CC(=O)OCCOCCOCCOCCO.CC(CO)OCC(C)OCC(C)OCC(O)COc1ccccc1. The average Bonchev–Trinajstić information content (AvgIpc) is 2.99. The quantitative estimate of drug-likeness (QED) is 0.0857. The van der Waals surface area contributed by atoms with Gasteiger partial charge in [-0.05, 0) is 32.9 Å². The fraction of sp³-hybridized carbons (Fsp3) is 0.690. The molecule has 3 N–H and O–H groups in total. The Bertz CT molecular complexity index is 721. The zero-order chi connectivity index (χ0) is 30.6. The van der Waals surface area contributed by atoms with Crippen LogP contribution in [0, 0.1) is 0 Å². The molecule has 0 amide bonds. The monoisotopic (exact) mass is 590 g/mol. The summed E-state index contributed by atoms with van der Waals surface area (Å²) in [6, 6.07) is 9.34. The topological polar surface area (TPSA) is 152 Å².